The van der Waals surface area contributed by atoms with Gasteiger partial charge in [0, 0.05) is 18.3 Å². The van der Waals surface area contributed by atoms with E-state index < -0.39 is 0 Å². The van der Waals surface area contributed by atoms with Gasteiger partial charge < -0.3 is 14.5 Å². The smallest absolute Gasteiger partial charge is 0.253 e. The summed E-state index contributed by atoms with van der Waals surface area (Å²) in [5.41, 5.74) is 1.34. The van der Waals surface area contributed by atoms with Gasteiger partial charge in [-0.05, 0) is 39.8 Å². The van der Waals surface area contributed by atoms with Gasteiger partial charge in [0.25, 0.3) is 5.91 Å². The summed E-state index contributed by atoms with van der Waals surface area (Å²) in [5, 5.41) is 3.13. The summed E-state index contributed by atoms with van der Waals surface area (Å²) in [6, 6.07) is 3.45. The molecule has 2 aromatic heterocycles. The quantitative estimate of drug-likeness (QED) is 0.912. The fourth-order valence-corrected chi connectivity index (χ4v) is 2.21. The molecule has 0 atom stereocenters. The van der Waals surface area contributed by atoms with E-state index in [1.807, 2.05) is 33.8 Å². The molecule has 0 aromatic carbocycles. The lowest BCUT2D eigenvalue weighted by Gasteiger charge is -2.11. The van der Waals surface area contributed by atoms with Crippen molar-refractivity contribution in [2.24, 2.45) is 0 Å². The second-order valence-electron chi connectivity index (χ2n) is 5.30. The standard InChI is InChI=1S/C16H19ClN2O3/c1-9(2)21-16-14(17)6-13(8-19-16)15(20)18-7-12-5-10(3)22-11(12)4/h5-6,8-9H,7H2,1-4H3,(H,18,20). The molecule has 0 saturated carbocycles. The second kappa shape index (κ2) is 6.83. The van der Waals surface area contributed by atoms with Gasteiger partial charge in [0.05, 0.1) is 11.7 Å². The predicted molar refractivity (Wildman–Crippen MR) is 84.4 cm³/mol. The Kier molecular flexibility index (Phi) is 5.08. The molecule has 0 aliphatic rings. The minimum Gasteiger partial charge on any atom is -0.474 e. The number of ether oxygens (including phenoxy) is 1. The number of aryl methyl sites for hydroxylation is 2. The largest absolute Gasteiger partial charge is 0.474 e. The Balaban J connectivity index is 2.03. The van der Waals surface area contributed by atoms with Gasteiger partial charge in [-0.1, -0.05) is 11.6 Å². The van der Waals surface area contributed by atoms with E-state index in [4.69, 9.17) is 20.8 Å². The van der Waals surface area contributed by atoms with E-state index in [0.29, 0.717) is 23.0 Å². The SMILES string of the molecule is Cc1cc(CNC(=O)c2cnc(OC(C)C)c(Cl)c2)c(C)o1. The first kappa shape index (κ1) is 16.4. The Morgan fingerprint density at radius 2 is 2.14 bits per heavy atom. The number of amides is 1. The molecule has 2 aromatic rings. The van der Waals surface area contributed by atoms with Crippen LogP contribution in [0.25, 0.3) is 0 Å². The average molecular weight is 323 g/mol. The van der Waals surface area contributed by atoms with Crippen molar-refractivity contribution in [3.8, 4) is 5.88 Å². The van der Waals surface area contributed by atoms with Crippen molar-refractivity contribution in [1.82, 2.24) is 10.3 Å². The Morgan fingerprint density at radius 3 is 2.68 bits per heavy atom. The molecule has 2 rings (SSSR count). The van der Waals surface area contributed by atoms with E-state index in [1.54, 1.807) is 6.07 Å². The summed E-state index contributed by atoms with van der Waals surface area (Å²) in [5.74, 6) is 1.70. The van der Waals surface area contributed by atoms with Gasteiger partial charge in [0.1, 0.15) is 16.5 Å². The second-order valence-corrected chi connectivity index (χ2v) is 5.71. The number of rotatable bonds is 5. The highest BCUT2D eigenvalue weighted by molar-refractivity contribution is 6.32. The van der Waals surface area contributed by atoms with Crippen molar-refractivity contribution in [3.05, 3.63) is 46.0 Å². The lowest BCUT2D eigenvalue weighted by Crippen LogP contribution is -2.23. The summed E-state index contributed by atoms with van der Waals surface area (Å²) in [4.78, 5) is 16.2. The van der Waals surface area contributed by atoms with E-state index in [2.05, 4.69) is 10.3 Å². The molecular weight excluding hydrogens is 304 g/mol. The monoisotopic (exact) mass is 322 g/mol. The minimum absolute atomic E-state index is 0.0306. The fraction of sp³-hybridized carbons (Fsp3) is 0.375. The zero-order valence-electron chi connectivity index (χ0n) is 13.1. The molecule has 0 aliphatic heterocycles. The Bertz CT molecular complexity index is 680. The van der Waals surface area contributed by atoms with Crippen LogP contribution in [-0.4, -0.2) is 17.0 Å². The topological polar surface area (TPSA) is 64.4 Å². The molecule has 0 fully saturated rings. The number of halogens is 1. The summed E-state index contributed by atoms with van der Waals surface area (Å²) in [6.07, 6.45) is 1.42. The van der Waals surface area contributed by atoms with E-state index in [-0.39, 0.29) is 12.0 Å². The Morgan fingerprint density at radius 1 is 1.41 bits per heavy atom. The van der Waals surface area contributed by atoms with E-state index >= 15 is 0 Å². The van der Waals surface area contributed by atoms with E-state index in [9.17, 15) is 4.79 Å². The van der Waals surface area contributed by atoms with E-state index in [1.165, 1.54) is 6.20 Å². The molecule has 22 heavy (non-hydrogen) atoms. The number of hydrogen-bond donors (Lipinski definition) is 1. The van der Waals surface area contributed by atoms with E-state index in [0.717, 1.165) is 17.1 Å². The molecule has 0 radical (unpaired) electrons. The zero-order chi connectivity index (χ0) is 16.3. The Hall–Kier alpha value is -2.01. The number of nitrogens with one attached hydrogen (secondary N) is 1. The molecule has 0 bridgehead atoms. The normalized spacial score (nSPS) is 10.8. The molecule has 0 spiro atoms. The highest BCUT2D eigenvalue weighted by Gasteiger charge is 2.13. The van der Waals surface area contributed by atoms with Gasteiger partial charge in [-0.3, -0.25) is 4.79 Å². The molecule has 5 nitrogen and oxygen atoms in total. The van der Waals surface area contributed by atoms with Crippen molar-refractivity contribution in [2.45, 2.75) is 40.3 Å². The molecule has 2 heterocycles. The molecule has 0 unspecified atom stereocenters. The van der Waals surface area contributed by atoms with Crippen molar-refractivity contribution in [3.63, 3.8) is 0 Å². The van der Waals surface area contributed by atoms with Crippen molar-refractivity contribution < 1.29 is 13.9 Å². The van der Waals surface area contributed by atoms with Gasteiger partial charge >= 0.3 is 0 Å². The average Bonchev–Trinajstić information content (AvgIpc) is 2.76. The van der Waals surface area contributed by atoms with Crippen LogP contribution in [0.2, 0.25) is 5.02 Å². The highest BCUT2D eigenvalue weighted by atomic mass is 35.5. The molecular formula is C16H19ClN2O3. The third-order valence-corrected chi connectivity index (χ3v) is 3.27. The number of furan rings is 1. The van der Waals surface area contributed by atoms with Gasteiger partial charge in [-0.15, -0.1) is 0 Å². The number of nitrogens with zero attached hydrogens (tertiary/aromatic N) is 1. The third kappa shape index (κ3) is 4.01. The Labute approximate surface area is 134 Å². The molecule has 0 aliphatic carbocycles. The van der Waals surface area contributed by atoms with Crippen LogP contribution >= 0.6 is 11.6 Å². The number of aromatic nitrogens is 1. The predicted octanol–water partition coefficient (Wildman–Crippen LogP) is 3.66. The van der Waals surface area contributed by atoms with Crippen molar-refractivity contribution in [2.75, 3.05) is 0 Å². The van der Waals surface area contributed by atoms with Crippen LogP contribution in [0.3, 0.4) is 0 Å². The maximum Gasteiger partial charge on any atom is 0.253 e. The third-order valence-electron chi connectivity index (χ3n) is 3.00. The van der Waals surface area contributed by atoms with Crippen LogP contribution in [0.4, 0.5) is 0 Å². The first-order valence-corrected chi connectivity index (χ1v) is 7.41. The van der Waals surface area contributed by atoms with Crippen LogP contribution in [0.5, 0.6) is 5.88 Å². The maximum absolute atomic E-state index is 12.1. The molecule has 0 saturated heterocycles. The molecule has 1 N–H and O–H groups in total. The summed E-state index contributed by atoms with van der Waals surface area (Å²) < 4.78 is 10.9. The number of hydrogen-bond acceptors (Lipinski definition) is 4. The molecule has 6 heteroatoms. The van der Waals surface area contributed by atoms with Gasteiger partial charge in [-0.2, -0.15) is 0 Å². The number of carbonyl (C=O) groups excluding carboxylic acids is 1. The van der Waals surface area contributed by atoms with Crippen molar-refractivity contribution in [1.29, 1.82) is 0 Å². The van der Waals surface area contributed by atoms with Gasteiger partial charge in [0.15, 0.2) is 0 Å². The zero-order valence-corrected chi connectivity index (χ0v) is 13.8. The van der Waals surface area contributed by atoms with Crippen LogP contribution in [0.15, 0.2) is 22.7 Å². The summed E-state index contributed by atoms with van der Waals surface area (Å²) >= 11 is 6.08. The summed E-state index contributed by atoms with van der Waals surface area (Å²) in [7, 11) is 0. The van der Waals surface area contributed by atoms with Crippen LogP contribution < -0.4 is 10.1 Å². The first-order valence-electron chi connectivity index (χ1n) is 7.03. The summed E-state index contributed by atoms with van der Waals surface area (Å²) in [6.45, 7) is 7.89. The highest BCUT2D eigenvalue weighted by Crippen LogP contribution is 2.23. The fourth-order valence-electron chi connectivity index (χ4n) is 2.00. The minimum atomic E-state index is -0.247. The van der Waals surface area contributed by atoms with Crippen molar-refractivity contribution >= 4 is 17.5 Å². The van der Waals surface area contributed by atoms with Crippen LogP contribution in [0.1, 0.15) is 41.3 Å². The molecule has 118 valence electrons. The number of pyridine rings is 1. The van der Waals surface area contributed by atoms with Gasteiger partial charge in [-0.25, -0.2) is 4.98 Å². The lowest BCUT2D eigenvalue weighted by atomic mass is 10.2. The lowest BCUT2D eigenvalue weighted by molar-refractivity contribution is 0.0950. The first-order chi connectivity index (χ1) is 10.4. The number of carbonyl (C=O) groups is 1. The van der Waals surface area contributed by atoms with Crippen LogP contribution in [-0.2, 0) is 6.54 Å². The molecule has 1 amide bonds. The van der Waals surface area contributed by atoms with Gasteiger partial charge in [0.2, 0.25) is 5.88 Å². The maximum atomic E-state index is 12.1. The van der Waals surface area contributed by atoms with Crippen LogP contribution in [0, 0.1) is 13.8 Å².